The summed E-state index contributed by atoms with van der Waals surface area (Å²) in [7, 11) is 1.58. The summed E-state index contributed by atoms with van der Waals surface area (Å²) >= 11 is 0. The fourth-order valence-electron chi connectivity index (χ4n) is 3.35. The van der Waals surface area contributed by atoms with E-state index in [9.17, 15) is 14.4 Å². The Morgan fingerprint density at radius 3 is 2.71 bits per heavy atom. The van der Waals surface area contributed by atoms with Crippen LogP contribution in [0.3, 0.4) is 0 Å². The molecule has 1 aromatic rings. The number of likely N-dealkylation sites (tertiary alicyclic amines) is 2. The lowest BCUT2D eigenvalue weighted by Crippen LogP contribution is -2.61. The highest BCUT2D eigenvalue weighted by atomic mass is 16.3. The molecule has 0 radical (unpaired) electrons. The fourth-order valence-corrected chi connectivity index (χ4v) is 3.35. The second kappa shape index (κ2) is 5.61. The number of aromatic nitrogens is 1. The molecule has 8 nitrogen and oxygen atoms in total. The van der Waals surface area contributed by atoms with Crippen molar-refractivity contribution in [3.8, 4) is 0 Å². The van der Waals surface area contributed by atoms with Gasteiger partial charge in [0.2, 0.25) is 11.8 Å². The summed E-state index contributed by atoms with van der Waals surface area (Å²) in [5.74, 6) is 0.463. The van der Waals surface area contributed by atoms with Crippen molar-refractivity contribution >= 4 is 17.7 Å². The van der Waals surface area contributed by atoms with E-state index in [-0.39, 0.29) is 36.1 Å². The maximum atomic E-state index is 12.4. The molecule has 1 unspecified atom stereocenters. The van der Waals surface area contributed by atoms with E-state index in [1.54, 1.807) is 16.8 Å². The number of carbonyl (C=O) groups excluding carboxylic acids is 3. The van der Waals surface area contributed by atoms with E-state index >= 15 is 0 Å². The van der Waals surface area contributed by atoms with E-state index in [0.717, 1.165) is 12.8 Å². The van der Waals surface area contributed by atoms with Gasteiger partial charge in [0.25, 0.3) is 5.91 Å². The van der Waals surface area contributed by atoms with Crippen molar-refractivity contribution in [3.05, 3.63) is 17.8 Å². The number of nitrogens with one attached hydrogen (secondary N) is 1. The van der Waals surface area contributed by atoms with Crippen LogP contribution in [-0.4, -0.2) is 65.2 Å². The highest BCUT2D eigenvalue weighted by Crippen LogP contribution is 2.39. The topological polar surface area (TPSA) is 95.8 Å². The Bertz CT molecular complexity index is 690. The maximum absolute atomic E-state index is 12.4. The van der Waals surface area contributed by atoms with Crippen molar-refractivity contribution in [2.24, 2.45) is 5.92 Å². The van der Waals surface area contributed by atoms with E-state index in [0.29, 0.717) is 37.1 Å². The molecule has 1 saturated carbocycles. The standard InChI is InChI=1S/C16H20N4O4/c1-17-14(22)10-4-13(21)20(5-10)11-6-19(7-11)16(23)12-8-24-15(18-12)9-2-3-9/h8-11H,2-7H2,1H3,(H,17,22). The lowest BCUT2D eigenvalue weighted by Gasteiger charge is -2.43. The zero-order valence-corrected chi connectivity index (χ0v) is 13.5. The van der Waals surface area contributed by atoms with Gasteiger partial charge in [-0.15, -0.1) is 0 Å². The van der Waals surface area contributed by atoms with Crippen LogP contribution in [0.15, 0.2) is 10.7 Å². The van der Waals surface area contributed by atoms with Gasteiger partial charge in [-0.1, -0.05) is 0 Å². The molecule has 4 rings (SSSR count). The zero-order valence-electron chi connectivity index (χ0n) is 13.5. The highest BCUT2D eigenvalue weighted by Gasteiger charge is 2.44. The monoisotopic (exact) mass is 332 g/mol. The number of carbonyl (C=O) groups is 3. The molecule has 2 aliphatic heterocycles. The van der Waals surface area contributed by atoms with E-state index in [1.807, 2.05) is 0 Å². The highest BCUT2D eigenvalue weighted by molar-refractivity contribution is 5.93. The smallest absolute Gasteiger partial charge is 0.275 e. The first-order valence-corrected chi connectivity index (χ1v) is 8.32. The summed E-state index contributed by atoms with van der Waals surface area (Å²) in [6, 6.07) is -0.00842. The zero-order chi connectivity index (χ0) is 16.8. The number of nitrogens with zero attached hydrogens (tertiary/aromatic N) is 3. The molecule has 3 aliphatic rings. The molecular weight excluding hydrogens is 312 g/mol. The van der Waals surface area contributed by atoms with E-state index in [2.05, 4.69) is 10.3 Å². The van der Waals surface area contributed by atoms with Crippen LogP contribution in [0, 0.1) is 5.92 Å². The van der Waals surface area contributed by atoms with Crippen LogP contribution in [0.4, 0.5) is 0 Å². The van der Waals surface area contributed by atoms with Crippen molar-refractivity contribution in [1.82, 2.24) is 20.1 Å². The molecule has 1 aliphatic carbocycles. The van der Waals surface area contributed by atoms with Crippen molar-refractivity contribution in [3.63, 3.8) is 0 Å². The Labute approximate surface area is 139 Å². The first-order valence-electron chi connectivity index (χ1n) is 8.32. The predicted molar refractivity (Wildman–Crippen MR) is 82.1 cm³/mol. The summed E-state index contributed by atoms with van der Waals surface area (Å²) in [5, 5.41) is 2.59. The number of hydrogen-bond acceptors (Lipinski definition) is 5. The van der Waals surface area contributed by atoms with Crippen LogP contribution in [-0.2, 0) is 9.59 Å². The molecule has 3 amide bonds. The minimum Gasteiger partial charge on any atom is -0.448 e. The fraction of sp³-hybridized carbons (Fsp3) is 0.625. The maximum Gasteiger partial charge on any atom is 0.275 e. The Kier molecular flexibility index (Phi) is 3.54. The largest absolute Gasteiger partial charge is 0.448 e. The molecule has 1 N–H and O–H groups in total. The Hall–Kier alpha value is -2.38. The summed E-state index contributed by atoms with van der Waals surface area (Å²) < 4.78 is 5.36. The number of rotatable bonds is 4. The molecule has 3 heterocycles. The molecule has 0 aromatic carbocycles. The lowest BCUT2D eigenvalue weighted by atomic mass is 10.1. The van der Waals surface area contributed by atoms with Gasteiger partial charge in [0, 0.05) is 39.0 Å². The SMILES string of the molecule is CNC(=O)C1CC(=O)N(C2CN(C(=O)c3coc(C4CC4)n3)C2)C1. The molecule has 8 heteroatoms. The van der Waals surface area contributed by atoms with Gasteiger partial charge in [0.15, 0.2) is 11.6 Å². The van der Waals surface area contributed by atoms with E-state index in [4.69, 9.17) is 4.42 Å². The van der Waals surface area contributed by atoms with Gasteiger partial charge in [-0.2, -0.15) is 0 Å². The first kappa shape index (κ1) is 15.2. The lowest BCUT2D eigenvalue weighted by molar-refractivity contribution is -0.132. The van der Waals surface area contributed by atoms with E-state index < -0.39 is 0 Å². The first-order chi connectivity index (χ1) is 11.6. The molecule has 128 valence electrons. The minimum atomic E-state index is -0.288. The van der Waals surface area contributed by atoms with Gasteiger partial charge in [0.05, 0.1) is 12.0 Å². The molecule has 0 bridgehead atoms. The van der Waals surface area contributed by atoms with Gasteiger partial charge < -0.3 is 19.5 Å². The van der Waals surface area contributed by atoms with Crippen LogP contribution in [0.25, 0.3) is 0 Å². The summed E-state index contributed by atoms with van der Waals surface area (Å²) in [4.78, 5) is 43.8. The Balaban J connectivity index is 1.33. The number of oxazole rings is 1. The number of amides is 3. The van der Waals surface area contributed by atoms with Crippen LogP contribution in [0.1, 0.15) is 41.6 Å². The summed E-state index contributed by atoms with van der Waals surface area (Å²) in [5.41, 5.74) is 0.339. The quantitative estimate of drug-likeness (QED) is 0.835. The van der Waals surface area contributed by atoms with Gasteiger partial charge in [0.1, 0.15) is 6.26 Å². The van der Waals surface area contributed by atoms with Crippen LogP contribution in [0.5, 0.6) is 0 Å². The van der Waals surface area contributed by atoms with E-state index in [1.165, 1.54) is 6.26 Å². The van der Waals surface area contributed by atoms with Gasteiger partial charge >= 0.3 is 0 Å². The third-order valence-electron chi connectivity index (χ3n) is 5.03. The van der Waals surface area contributed by atoms with Crippen molar-refractivity contribution in [2.75, 3.05) is 26.7 Å². The second-order valence-electron chi connectivity index (χ2n) is 6.77. The molecular formula is C16H20N4O4. The molecule has 24 heavy (non-hydrogen) atoms. The predicted octanol–water partition coefficient (Wildman–Crippen LogP) is -0.0291. The van der Waals surface area contributed by atoms with Crippen molar-refractivity contribution in [1.29, 1.82) is 0 Å². The number of hydrogen-bond donors (Lipinski definition) is 1. The van der Waals surface area contributed by atoms with Gasteiger partial charge in [-0.25, -0.2) is 4.98 Å². The van der Waals surface area contributed by atoms with Crippen LogP contribution >= 0.6 is 0 Å². The average molecular weight is 332 g/mol. The van der Waals surface area contributed by atoms with Gasteiger partial charge in [-0.3, -0.25) is 14.4 Å². The third kappa shape index (κ3) is 2.55. The molecule has 2 saturated heterocycles. The molecule has 0 spiro atoms. The Morgan fingerprint density at radius 1 is 1.29 bits per heavy atom. The van der Waals surface area contributed by atoms with Crippen molar-refractivity contribution in [2.45, 2.75) is 31.2 Å². The van der Waals surface area contributed by atoms with Crippen molar-refractivity contribution < 1.29 is 18.8 Å². The summed E-state index contributed by atoms with van der Waals surface area (Å²) in [6.07, 6.45) is 3.82. The second-order valence-corrected chi connectivity index (χ2v) is 6.77. The average Bonchev–Trinajstić information content (AvgIpc) is 3.14. The van der Waals surface area contributed by atoms with Crippen LogP contribution in [0.2, 0.25) is 0 Å². The Morgan fingerprint density at radius 2 is 2.04 bits per heavy atom. The molecule has 3 fully saturated rings. The molecule has 1 atom stereocenters. The minimum absolute atomic E-state index is 0.00842. The summed E-state index contributed by atoms with van der Waals surface area (Å²) in [6.45, 7) is 1.40. The molecule has 1 aromatic heterocycles. The van der Waals surface area contributed by atoms with Gasteiger partial charge in [-0.05, 0) is 12.8 Å². The van der Waals surface area contributed by atoms with Crippen LogP contribution < -0.4 is 5.32 Å². The normalized spacial score (nSPS) is 24.2. The third-order valence-corrected chi connectivity index (χ3v) is 5.03.